The third-order valence-electron chi connectivity index (χ3n) is 4.94. The highest BCUT2D eigenvalue weighted by Gasteiger charge is 2.39. The number of hydrogen-bond donors (Lipinski definition) is 1. The van der Waals surface area contributed by atoms with Crippen molar-refractivity contribution in [2.45, 2.75) is 52.0 Å². The SMILES string of the molecule is CCNC(c1cc(Cl)cc2c1OCC2)C1(C)CCCC1. The Kier molecular flexibility index (Phi) is 3.96. The first-order valence-corrected chi connectivity index (χ1v) is 8.20. The summed E-state index contributed by atoms with van der Waals surface area (Å²) in [5.41, 5.74) is 2.87. The third-order valence-corrected chi connectivity index (χ3v) is 5.16. The van der Waals surface area contributed by atoms with Crippen LogP contribution in [-0.2, 0) is 6.42 Å². The number of ether oxygens (including phenoxy) is 1. The molecule has 1 fully saturated rings. The van der Waals surface area contributed by atoms with Crippen LogP contribution >= 0.6 is 11.6 Å². The number of rotatable bonds is 4. The third kappa shape index (κ3) is 2.44. The van der Waals surface area contributed by atoms with E-state index in [4.69, 9.17) is 16.3 Å². The maximum atomic E-state index is 6.34. The van der Waals surface area contributed by atoms with Crippen molar-refractivity contribution in [1.82, 2.24) is 5.32 Å². The van der Waals surface area contributed by atoms with Gasteiger partial charge in [0.2, 0.25) is 0 Å². The smallest absolute Gasteiger partial charge is 0.127 e. The van der Waals surface area contributed by atoms with E-state index in [9.17, 15) is 0 Å². The molecule has 0 spiro atoms. The average Bonchev–Trinajstić information content (AvgIpc) is 3.04. The minimum absolute atomic E-state index is 0.320. The summed E-state index contributed by atoms with van der Waals surface area (Å²) in [6, 6.07) is 4.52. The molecule has 1 unspecified atom stereocenters. The lowest BCUT2D eigenvalue weighted by molar-refractivity contribution is 0.220. The van der Waals surface area contributed by atoms with E-state index in [1.165, 1.54) is 36.8 Å². The lowest BCUT2D eigenvalue weighted by Crippen LogP contribution is -2.34. The van der Waals surface area contributed by atoms with Crippen molar-refractivity contribution in [3.05, 3.63) is 28.3 Å². The molecule has 2 nitrogen and oxygen atoms in total. The molecule has 1 heterocycles. The van der Waals surface area contributed by atoms with E-state index in [2.05, 4.69) is 31.3 Å². The maximum Gasteiger partial charge on any atom is 0.127 e. The minimum atomic E-state index is 0.320. The van der Waals surface area contributed by atoms with Gasteiger partial charge in [-0.1, -0.05) is 38.3 Å². The Hall–Kier alpha value is -0.730. The normalized spacial score (nSPS) is 21.6. The van der Waals surface area contributed by atoms with Crippen LogP contribution in [0.2, 0.25) is 5.02 Å². The van der Waals surface area contributed by atoms with E-state index in [1.807, 2.05) is 0 Å². The number of fused-ring (bicyclic) bond motifs is 1. The summed E-state index contributed by atoms with van der Waals surface area (Å²) >= 11 is 6.34. The molecule has 0 amide bonds. The van der Waals surface area contributed by atoms with Crippen LogP contribution in [0.5, 0.6) is 5.75 Å². The monoisotopic (exact) mass is 293 g/mol. The zero-order valence-corrected chi connectivity index (χ0v) is 13.2. The second-order valence-electron chi connectivity index (χ2n) is 6.43. The number of nitrogens with one attached hydrogen (secondary N) is 1. The van der Waals surface area contributed by atoms with E-state index in [1.54, 1.807) is 0 Å². The average molecular weight is 294 g/mol. The molecule has 0 aromatic heterocycles. The molecular formula is C17H24ClNO. The predicted octanol–water partition coefficient (Wildman–Crippen LogP) is 4.51. The van der Waals surface area contributed by atoms with E-state index < -0.39 is 0 Å². The van der Waals surface area contributed by atoms with Gasteiger partial charge < -0.3 is 10.1 Å². The molecule has 1 aliphatic heterocycles. The Morgan fingerprint density at radius 2 is 2.10 bits per heavy atom. The molecule has 20 heavy (non-hydrogen) atoms. The van der Waals surface area contributed by atoms with Crippen LogP contribution in [0.15, 0.2) is 12.1 Å². The highest BCUT2D eigenvalue weighted by molar-refractivity contribution is 6.30. The largest absolute Gasteiger partial charge is 0.493 e. The van der Waals surface area contributed by atoms with Crippen molar-refractivity contribution in [3.63, 3.8) is 0 Å². The quantitative estimate of drug-likeness (QED) is 0.882. The first kappa shape index (κ1) is 14.2. The van der Waals surface area contributed by atoms with E-state index >= 15 is 0 Å². The van der Waals surface area contributed by atoms with Gasteiger partial charge in [0, 0.05) is 23.0 Å². The second kappa shape index (κ2) is 5.57. The summed E-state index contributed by atoms with van der Waals surface area (Å²) in [6.45, 7) is 6.35. The summed E-state index contributed by atoms with van der Waals surface area (Å²) in [5.74, 6) is 1.09. The van der Waals surface area contributed by atoms with Crippen molar-refractivity contribution in [1.29, 1.82) is 0 Å². The van der Waals surface area contributed by atoms with Gasteiger partial charge in [-0.25, -0.2) is 0 Å². The van der Waals surface area contributed by atoms with Gasteiger partial charge in [-0.2, -0.15) is 0 Å². The standard InChI is InChI=1S/C17H24ClNO/c1-3-19-16(17(2)7-4-5-8-17)14-11-13(18)10-12-6-9-20-15(12)14/h10-11,16,19H,3-9H2,1-2H3. The van der Waals surface area contributed by atoms with Crippen molar-refractivity contribution in [2.24, 2.45) is 5.41 Å². The van der Waals surface area contributed by atoms with Crippen LogP contribution in [0.3, 0.4) is 0 Å². The molecule has 3 heteroatoms. The zero-order chi connectivity index (χ0) is 14.2. The predicted molar refractivity (Wildman–Crippen MR) is 83.6 cm³/mol. The number of hydrogen-bond acceptors (Lipinski definition) is 2. The molecule has 1 aliphatic carbocycles. The van der Waals surface area contributed by atoms with Gasteiger partial charge in [0.1, 0.15) is 5.75 Å². The van der Waals surface area contributed by atoms with Crippen LogP contribution in [-0.4, -0.2) is 13.2 Å². The molecule has 1 aromatic carbocycles. The lowest BCUT2D eigenvalue weighted by Gasteiger charge is -2.36. The fourth-order valence-corrected chi connectivity index (χ4v) is 4.17. The van der Waals surface area contributed by atoms with Gasteiger partial charge in [0.05, 0.1) is 6.61 Å². The van der Waals surface area contributed by atoms with Crippen molar-refractivity contribution < 1.29 is 4.74 Å². The first-order valence-electron chi connectivity index (χ1n) is 7.82. The van der Waals surface area contributed by atoms with Crippen LogP contribution in [0, 0.1) is 5.41 Å². The van der Waals surface area contributed by atoms with Crippen LogP contribution in [0.4, 0.5) is 0 Å². The molecule has 0 saturated heterocycles. The van der Waals surface area contributed by atoms with Gasteiger partial charge in [-0.05, 0) is 42.5 Å². The molecule has 1 saturated carbocycles. The molecule has 1 atom stereocenters. The Labute approximate surface area is 126 Å². The molecule has 2 aliphatic rings. The molecule has 1 aromatic rings. The molecular weight excluding hydrogens is 270 g/mol. The Morgan fingerprint density at radius 3 is 2.80 bits per heavy atom. The van der Waals surface area contributed by atoms with Crippen LogP contribution in [0.25, 0.3) is 0 Å². The number of halogens is 1. The Morgan fingerprint density at radius 1 is 1.35 bits per heavy atom. The summed E-state index contributed by atoms with van der Waals surface area (Å²) < 4.78 is 5.92. The fraction of sp³-hybridized carbons (Fsp3) is 0.647. The molecule has 3 rings (SSSR count). The highest BCUT2D eigenvalue weighted by Crippen LogP contribution is 2.50. The van der Waals surface area contributed by atoms with Gasteiger partial charge >= 0.3 is 0 Å². The number of benzene rings is 1. The van der Waals surface area contributed by atoms with Gasteiger partial charge in [-0.3, -0.25) is 0 Å². The van der Waals surface area contributed by atoms with Gasteiger partial charge in [-0.15, -0.1) is 0 Å². The zero-order valence-electron chi connectivity index (χ0n) is 12.5. The summed E-state index contributed by atoms with van der Waals surface area (Å²) in [5, 5.41) is 4.54. The molecule has 0 bridgehead atoms. The Balaban J connectivity index is 2.03. The highest BCUT2D eigenvalue weighted by atomic mass is 35.5. The van der Waals surface area contributed by atoms with E-state index in [-0.39, 0.29) is 0 Å². The topological polar surface area (TPSA) is 21.3 Å². The first-order chi connectivity index (χ1) is 9.64. The van der Waals surface area contributed by atoms with Crippen LogP contribution in [0.1, 0.15) is 56.7 Å². The van der Waals surface area contributed by atoms with Gasteiger partial charge in [0.25, 0.3) is 0 Å². The Bertz CT molecular complexity index is 494. The van der Waals surface area contributed by atoms with E-state index in [0.717, 1.165) is 30.3 Å². The summed E-state index contributed by atoms with van der Waals surface area (Å²) in [7, 11) is 0. The fourth-order valence-electron chi connectivity index (χ4n) is 3.92. The lowest BCUT2D eigenvalue weighted by atomic mass is 9.76. The van der Waals surface area contributed by atoms with Crippen LogP contribution < -0.4 is 10.1 Å². The minimum Gasteiger partial charge on any atom is -0.493 e. The summed E-state index contributed by atoms with van der Waals surface area (Å²) in [4.78, 5) is 0. The maximum absolute atomic E-state index is 6.34. The van der Waals surface area contributed by atoms with Crippen molar-refractivity contribution >= 4 is 11.6 Å². The van der Waals surface area contributed by atoms with Gasteiger partial charge in [0.15, 0.2) is 0 Å². The second-order valence-corrected chi connectivity index (χ2v) is 6.87. The molecule has 110 valence electrons. The van der Waals surface area contributed by atoms with Crippen molar-refractivity contribution in [2.75, 3.05) is 13.2 Å². The molecule has 1 N–H and O–H groups in total. The molecule has 0 radical (unpaired) electrons. The van der Waals surface area contributed by atoms with E-state index in [0.29, 0.717) is 11.5 Å². The van der Waals surface area contributed by atoms with Crippen molar-refractivity contribution in [3.8, 4) is 5.75 Å². The summed E-state index contributed by atoms with van der Waals surface area (Å²) in [6.07, 6.45) is 6.22.